The molecule has 0 aliphatic heterocycles. The molecule has 0 aromatic carbocycles. The van der Waals surface area contributed by atoms with Crippen LogP contribution in [-0.4, -0.2) is 44.4 Å². The summed E-state index contributed by atoms with van der Waals surface area (Å²) >= 11 is 0. The SMILES string of the molecule is COCCOCCCOc1cccc(C(=N)N)n1. The first-order chi connectivity index (χ1) is 8.74. The van der Waals surface area contributed by atoms with Crippen LogP contribution in [0.2, 0.25) is 0 Å². The van der Waals surface area contributed by atoms with Crippen molar-refractivity contribution in [3.05, 3.63) is 23.9 Å². The van der Waals surface area contributed by atoms with E-state index in [0.29, 0.717) is 38.0 Å². The molecule has 1 heterocycles. The Morgan fingerprint density at radius 1 is 1.28 bits per heavy atom. The van der Waals surface area contributed by atoms with E-state index in [2.05, 4.69) is 4.98 Å². The first-order valence-electron chi connectivity index (χ1n) is 5.75. The average molecular weight is 253 g/mol. The molecule has 6 nitrogen and oxygen atoms in total. The molecule has 3 N–H and O–H groups in total. The summed E-state index contributed by atoms with van der Waals surface area (Å²) in [5.74, 6) is 0.406. The first-order valence-corrected chi connectivity index (χ1v) is 5.75. The molecule has 0 unspecified atom stereocenters. The lowest BCUT2D eigenvalue weighted by Gasteiger charge is -2.07. The highest BCUT2D eigenvalue weighted by Crippen LogP contribution is 2.07. The molecule has 1 aromatic heterocycles. The van der Waals surface area contributed by atoms with Crippen LogP contribution in [-0.2, 0) is 9.47 Å². The zero-order valence-corrected chi connectivity index (χ0v) is 10.5. The van der Waals surface area contributed by atoms with Gasteiger partial charge in [-0.3, -0.25) is 5.41 Å². The van der Waals surface area contributed by atoms with Crippen LogP contribution in [0.1, 0.15) is 12.1 Å². The van der Waals surface area contributed by atoms with E-state index in [1.807, 2.05) is 0 Å². The Morgan fingerprint density at radius 3 is 2.83 bits per heavy atom. The minimum atomic E-state index is -0.0663. The van der Waals surface area contributed by atoms with Crippen LogP contribution in [0.3, 0.4) is 0 Å². The quantitative estimate of drug-likeness (QED) is 0.386. The maximum absolute atomic E-state index is 7.27. The Balaban J connectivity index is 2.19. The van der Waals surface area contributed by atoms with Crippen molar-refractivity contribution in [3.63, 3.8) is 0 Å². The fraction of sp³-hybridized carbons (Fsp3) is 0.500. The van der Waals surface area contributed by atoms with E-state index in [-0.39, 0.29) is 5.84 Å². The molecule has 6 heteroatoms. The van der Waals surface area contributed by atoms with Gasteiger partial charge in [0.05, 0.1) is 19.8 Å². The molecule has 0 aliphatic carbocycles. The molecule has 1 rings (SSSR count). The van der Waals surface area contributed by atoms with Gasteiger partial charge in [-0.25, -0.2) is 4.98 Å². The Bertz CT molecular complexity index is 371. The Labute approximate surface area is 107 Å². The molecule has 0 amide bonds. The molecule has 0 saturated carbocycles. The highest BCUT2D eigenvalue weighted by Gasteiger charge is 2.00. The third kappa shape index (κ3) is 5.60. The van der Waals surface area contributed by atoms with Crippen molar-refractivity contribution in [2.24, 2.45) is 5.73 Å². The Morgan fingerprint density at radius 2 is 2.11 bits per heavy atom. The average Bonchev–Trinajstić information content (AvgIpc) is 2.38. The van der Waals surface area contributed by atoms with E-state index in [9.17, 15) is 0 Å². The lowest BCUT2D eigenvalue weighted by atomic mass is 10.3. The summed E-state index contributed by atoms with van der Waals surface area (Å²) in [6.07, 6.45) is 0.774. The van der Waals surface area contributed by atoms with E-state index in [1.165, 1.54) is 0 Å². The van der Waals surface area contributed by atoms with Gasteiger partial charge in [-0.2, -0.15) is 0 Å². The summed E-state index contributed by atoms with van der Waals surface area (Å²) in [4.78, 5) is 4.09. The van der Waals surface area contributed by atoms with Crippen molar-refractivity contribution in [1.29, 1.82) is 5.41 Å². The summed E-state index contributed by atoms with van der Waals surface area (Å²) in [5.41, 5.74) is 5.76. The summed E-state index contributed by atoms with van der Waals surface area (Å²) in [7, 11) is 1.64. The molecule has 0 radical (unpaired) electrons. The molecule has 0 atom stereocenters. The van der Waals surface area contributed by atoms with Gasteiger partial charge in [-0.15, -0.1) is 0 Å². The molecular weight excluding hydrogens is 234 g/mol. The van der Waals surface area contributed by atoms with Gasteiger partial charge >= 0.3 is 0 Å². The number of hydrogen-bond acceptors (Lipinski definition) is 5. The number of nitrogen functional groups attached to an aromatic ring is 1. The Hall–Kier alpha value is -1.66. The maximum Gasteiger partial charge on any atom is 0.213 e. The lowest BCUT2D eigenvalue weighted by Crippen LogP contribution is -2.13. The number of methoxy groups -OCH3 is 1. The molecule has 18 heavy (non-hydrogen) atoms. The number of aromatic nitrogens is 1. The normalized spacial score (nSPS) is 10.3. The van der Waals surface area contributed by atoms with Crippen LogP contribution in [0.15, 0.2) is 18.2 Å². The number of nitrogens with one attached hydrogen (secondary N) is 1. The topological polar surface area (TPSA) is 90.5 Å². The fourth-order valence-electron chi connectivity index (χ4n) is 1.23. The van der Waals surface area contributed by atoms with Crippen LogP contribution in [0.4, 0.5) is 0 Å². The highest BCUT2D eigenvalue weighted by atomic mass is 16.5. The fourth-order valence-corrected chi connectivity index (χ4v) is 1.23. The van der Waals surface area contributed by atoms with Crippen molar-refractivity contribution >= 4 is 5.84 Å². The van der Waals surface area contributed by atoms with Crippen molar-refractivity contribution in [3.8, 4) is 5.88 Å². The second kappa shape index (κ2) is 8.43. The number of rotatable bonds is 9. The third-order valence-electron chi connectivity index (χ3n) is 2.11. The molecule has 0 fully saturated rings. The molecule has 0 saturated heterocycles. The largest absolute Gasteiger partial charge is 0.478 e. The van der Waals surface area contributed by atoms with Crippen LogP contribution in [0.5, 0.6) is 5.88 Å². The van der Waals surface area contributed by atoms with Crippen molar-refractivity contribution in [2.45, 2.75) is 6.42 Å². The summed E-state index contributed by atoms with van der Waals surface area (Å²) in [5, 5.41) is 7.27. The van der Waals surface area contributed by atoms with E-state index >= 15 is 0 Å². The number of ether oxygens (including phenoxy) is 3. The minimum Gasteiger partial charge on any atom is -0.478 e. The first kappa shape index (κ1) is 14.4. The van der Waals surface area contributed by atoms with Gasteiger partial charge in [0.15, 0.2) is 0 Å². The predicted molar refractivity (Wildman–Crippen MR) is 68.1 cm³/mol. The molecule has 0 bridgehead atoms. The zero-order valence-electron chi connectivity index (χ0n) is 10.5. The van der Waals surface area contributed by atoms with Crippen molar-refractivity contribution < 1.29 is 14.2 Å². The van der Waals surface area contributed by atoms with Gasteiger partial charge in [-0.1, -0.05) is 6.07 Å². The van der Waals surface area contributed by atoms with E-state index < -0.39 is 0 Å². The summed E-state index contributed by atoms with van der Waals surface area (Å²) < 4.78 is 15.6. The lowest BCUT2D eigenvalue weighted by molar-refractivity contribution is 0.0642. The van der Waals surface area contributed by atoms with Gasteiger partial charge in [0.2, 0.25) is 5.88 Å². The van der Waals surface area contributed by atoms with Gasteiger partial charge < -0.3 is 19.9 Å². The van der Waals surface area contributed by atoms with Crippen LogP contribution in [0.25, 0.3) is 0 Å². The molecule has 1 aromatic rings. The number of nitrogens with zero attached hydrogens (tertiary/aromatic N) is 1. The van der Waals surface area contributed by atoms with Gasteiger partial charge in [0.25, 0.3) is 0 Å². The van der Waals surface area contributed by atoms with E-state index in [1.54, 1.807) is 25.3 Å². The van der Waals surface area contributed by atoms with Gasteiger partial charge in [-0.05, 0) is 6.07 Å². The van der Waals surface area contributed by atoms with Crippen molar-refractivity contribution in [1.82, 2.24) is 4.98 Å². The summed E-state index contributed by atoms with van der Waals surface area (Å²) in [6.45, 7) is 2.33. The molecule has 100 valence electrons. The second-order valence-corrected chi connectivity index (χ2v) is 3.58. The zero-order chi connectivity index (χ0) is 13.2. The smallest absolute Gasteiger partial charge is 0.213 e. The van der Waals surface area contributed by atoms with Gasteiger partial charge in [0.1, 0.15) is 11.5 Å². The molecular formula is C12H19N3O3. The minimum absolute atomic E-state index is 0.0663. The summed E-state index contributed by atoms with van der Waals surface area (Å²) in [6, 6.07) is 5.16. The van der Waals surface area contributed by atoms with Crippen LogP contribution < -0.4 is 10.5 Å². The van der Waals surface area contributed by atoms with E-state index in [4.69, 9.17) is 25.4 Å². The maximum atomic E-state index is 7.27. The standard InChI is InChI=1S/C12H19N3O3/c1-16-8-9-17-6-3-7-18-11-5-2-4-10(15-11)12(13)14/h2,4-5H,3,6-9H2,1H3,(H3,13,14). The second-order valence-electron chi connectivity index (χ2n) is 3.58. The van der Waals surface area contributed by atoms with Gasteiger partial charge in [0, 0.05) is 26.2 Å². The van der Waals surface area contributed by atoms with Crippen LogP contribution >= 0.6 is 0 Å². The Kier molecular flexibility index (Phi) is 6.75. The van der Waals surface area contributed by atoms with Crippen molar-refractivity contribution in [2.75, 3.05) is 33.5 Å². The molecule has 0 spiro atoms. The van der Waals surface area contributed by atoms with Crippen LogP contribution in [0, 0.1) is 5.41 Å². The highest BCUT2D eigenvalue weighted by molar-refractivity contribution is 5.93. The number of hydrogen-bond donors (Lipinski definition) is 2. The number of pyridine rings is 1. The number of amidine groups is 1. The predicted octanol–water partition coefficient (Wildman–Crippen LogP) is 0.798. The molecule has 0 aliphatic rings. The number of nitrogens with two attached hydrogens (primary N) is 1. The van der Waals surface area contributed by atoms with E-state index in [0.717, 1.165) is 6.42 Å². The monoisotopic (exact) mass is 253 g/mol. The third-order valence-corrected chi connectivity index (χ3v) is 2.11.